The molecule has 0 spiro atoms. The van der Waals surface area contributed by atoms with E-state index in [1.807, 2.05) is 29.8 Å². The molecule has 0 aliphatic heterocycles. The zero-order valence-electron chi connectivity index (χ0n) is 11.9. The third kappa shape index (κ3) is 4.05. The molecule has 108 valence electrons. The van der Waals surface area contributed by atoms with Crippen molar-refractivity contribution in [2.24, 2.45) is 0 Å². The Bertz CT molecular complexity index is 527. The highest BCUT2D eigenvalue weighted by Crippen LogP contribution is 2.22. The van der Waals surface area contributed by atoms with Crippen LogP contribution in [0.4, 0.5) is 4.39 Å². The summed E-state index contributed by atoms with van der Waals surface area (Å²) in [6, 6.07) is 7.11. The van der Waals surface area contributed by atoms with Crippen LogP contribution in [0.3, 0.4) is 0 Å². The highest BCUT2D eigenvalue weighted by atomic mass is 32.1. The summed E-state index contributed by atoms with van der Waals surface area (Å²) < 4.78 is 19.7. The molecular weight excluding hydrogens is 273 g/mol. The van der Waals surface area contributed by atoms with Crippen molar-refractivity contribution in [2.75, 3.05) is 6.54 Å². The molecule has 1 aromatic carbocycles. The molecule has 0 aliphatic carbocycles. The van der Waals surface area contributed by atoms with Crippen LogP contribution >= 0.6 is 11.3 Å². The van der Waals surface area contributed by atoms with Crippen molar-refractivity contribution < 1.29 is 9.13 Å². The molecule has 1 aromatic heterocycles. The van der Waals surface area contributed by atoms with Crippen molar-refractivity contribution in [3.05, 3.63) is 52.0 Å². The Kier molecular flexibility index (Phi) is 5.56. The molecule has 0 fully saturated rings. The van der Waals surface area contributed by atoms with Gasteiger partial charge >= 0.3 is 0 Å². The Morgan fingerprint density at radius 1 is 1.35 bits per heavy atom. The first-order chi connectivity index (χ1) is 9.70. The minimum atomic E-state index is -0.219. The maximum Gasteiger partial charge on any atom is 0.131 e. The Balaban J connectivity index is 1.98. The number of thiophene rings is 1. The zero-order chi connectivity index (χ0) is 14.4. The summed E-state index contributed by atoms with van der Waals surface area (Å²) in [4.78, 5) is 0. The summed E-state index contributed by atoms with van der Waals surface area (Å²) in [5, 5.41) is 7.32. The monoisotopic (exact) mass is 293 g/mol. The van der Waals surface area contributed by atoms with E-state index in [4.69, 9.17) is 4.74 Å². The van der Waals surface area contributed by atoms with Crippen molar-refractivity contribution in [3.63, 3.8) is 0 Å². The SMILES string of the molecule is CCCNC(C)c1ccc(OCc2ccsc2)cc1F. The molecule has 20 heavy (non-hydrogen) atoms. The maximum atomic E-state index is 14.1. The lowest BCUT2D eigenvalue weighted by atomic mass is 10.1. The molecule has 0 saturated carbocycles. The minimum absolute atomic E-state index is 0.0147. The van der Waals surface area contributed by atoms with Crippen LogP contribution in [0.1, 0.15) is 37.4 Å². The van der Waals surface area contributed by atoms with Gasteiger partial charge in [0.25, 0.3) is 0 Å². The third-order valence-corrected chi connectivity index (χ3v) is 3.86. The average Bonchev–Trinajstić information content (AvgIpc) is 2.96. The first kappa shape index (κ1) is 15.0. The second-order valence-corrected chi connectivity index (χ2v) is 5.56. The van der Waals surface area contributed by atoms with Crippen LogP contribution in [0, 0.1) is 5.82 Å². The molecule has 4 heteroatoms. The molecular formula is C16H20FNOS. The molecule has 0 bridgehead atoms. The van der Waals surface area contributed by atoms with Crippen LogP contribution in [0.25, 0.3) is 0 Å². The van der Waals surface area contributed by atoms with Crippen LogP contribution < -0.4 is 10.1 Å². The van der Waals surface area contributed by atoms with Gasteiger partial charge in [-0.3, -0.25) is 0 Å². The summed E-state index contributed by atoms with van der Waals surface area (Å²) in [6.45, 7) is 5.43. The Hall–Kier alpha value is -1.39. The fraction of sp³-hybridized carbons (Fsp3) is 0.375. The fourth-order valence-electron chi connectivity index (χ4n) is 1.96. The number of ether oxygens (including phenoxy) is 1. The number of hydrogen-bond donors (Lipinski definition) is 1. The highest BCUT2D eigenvalue weighted by Gasteiger charge is 2.11. The lowest BCUT2D eigenvalue weighted by molar-refractivity contribution is 0.304. The van der Waals surface area contributed by atoms with Gasteiger partial charge in [0.1, 0.15) is 18.2 Å². The topological polar surface area (TPSA) is 21.3 Å². The van der Waals surface area contributed by atoms with E-state index in [0.717, 1.165) is 18.5 Å². The van der Waals surface area contributed by atoms with E-state index in [-0.39, 0.29) is 11.9 Å². The van der Waals surface area contributed by atoms with E-state index in [9.17, 15) is 4.39 Å². The lowest BCUT2D eigenvalue weighted by Gasteiger charge is -2.15. The van der Waals surface area contributed by atoms with Crippen molar-refractivity contribution in [3.8, 4) is 5.75 Å². The Labute approximate surface area is 123 Å². The van der Waals surface area contributed by atoms with Gasteiger partial charge in [0.2, 0.25) is 0 Å². The first-order valence-corrected chi connectivity index (χ1v) is 7.81. The molecule has 2 rings (SSSR count). The van der Waals surface area contributed by atoms with Gasteiger partial charge in [-0.25, -0.2) is 4.39 Å². The van der Waals surface area contributed by atoms with Crippen LogP contribution in [0.2, 0.25) is 0 Å². The van der Waals surface area contributed by atoms with Crippen molar-refractivity contribution in [2.45, 2.75) is 32.9 Å². The van der Waals surface area contributed by atoms with Gasteiger partial charge in [0.05, 0.1) is 0 Å². The van der Waals surface area contributed by atoms with Gasteiger partial charge in [-0.05, 0) is 48.3 Å². The fourth-order valence-corrected chi connectivity index (χ4v) is 2.61. The van der Waals surface area contributed by atoms with Gasteiger partial charge in [-0.2, -0.15) is 11.3 Å². The van der Waals surface area contributed by atoms with E-state index in [1.165, 1.54) is 6.07 Å². The molecule has 1 unspecified atom stereocenters. The summed E-state index contributed by atoms with van der Waals surface area (Å²) >= 11 is 1.63. The maximum absolute atomic E-state index is 14.1. The van der Waals surface area contributed by atoms with Crippen LogP contribution in [0.5, 0.6) is 5.75 Å². The van der Waals surface area contributed by atoms with E-state index in [0.29, 0.717) is 17.9 Å². The molecule has 0 radical (unpaired) electrons. The summed E-state index contributed by atoms with van der Waals surface area (Å²) in [7, 11) is 0. The molecule has 0 aliphatic rings. The molecule has 1 heterocycles. The van der Waals surface area contributed by atoms with E-state index < -0.39 is 0 Å². The second kappa shape index (κ2) is 7.41. The molecule has 2 aromatic rings. The van der Waals surface area contributed by atoms with Gasteiger partial charge in [-0.1, -0.05) is 13.0 Å². The van der Waals surface area contributed by atoms with E-state index in [2.05, 4.69) is 12.2 Å². The normalized spacial score (nSPS) is 12.3. The average molecular weight is 293 g/mol. The molecule has 1 N–H and O–H groups in total. The number of hydrogen-bond acceptors (Lipinski definition) is 3. The predicted molar refractivity (Wildman–Crippen MR) is 81.8 cm³/mol. The Morgan fingerprint density at radius 3 is 2.85 bits per heavy atom. The van der Waals surface area contributed by atoms with Crippen LogP contribution in [-0.4, -0.2) is 6.54 Å². The molecule has 1 atom stereocenters. The first-order valence-electron chi connectivity index (χ1n) is 6.87. The summed E-state index contributed by atoms with van der Waals surface area (Å²) in [6.07, 6.45) is 1.04. The number of benzene rings is 1. The molecule has 0 saturated heterocycles. The summed E-state index contributed by atoms with van der Waals surface area (Å²) in [5.74, 6) is 0.351. The van der Waals surface area contributed by atoms with Crippen molar-refractivity contribution >= 4 is 11.3 Å². The number of rotatable bonds is 7. The Morgan fingerprint density at radius 2 is 2.20 bits per heavy atom. The zero-order valence-corrected chi connectivity index (χ0v) is 12.7. The van der Waals surface area contributed by atoms with Gasteiger partial charge in [0.15, 0.2) is 0 Å². The van der Waals surface area contributed by atoms with Gasteiger partial charge in [0, 0.05) is 17.7 Å². The van der Waals surface area contributed by atoms with Gasteiger partial charge < -0.3 is 10.1 Å². The van der Waals surface area contributed by atoms with Crippen LogP contribution in [-0.2, 0) is 6.61 Å². The van der Waals surface area contributed by atoms with Crippen molar-refractivity contribution in [1.82, 2.24) is 5.32 Å². The standard InChI is InChI=1S/C16H20FNOS/c1-3-7-18-12(2)15-5-4-14(9-16(15)17)19-10-13-6-8-20-11-13/h4-6,8-9,11-12,18H,3,7,10H2,1-2H3. The predicted octanol–water partition coefficient (Wildman–Crippen LogP) is 4.53. The smallest absolute Gasteiger partial charge is 0.131 e. The molecule has 2 nitrogen and oxygen atoms in total. The largest absolute Gasteiger partial charge is 0.489 e. The molecule has 0 amide bonds. The summed E-state index contributed by atoms with van der Waals surface area (Å²) in [5.41, 5.74) is 1.79. The van der Waals surface area contributed by atoms with Crippen LogP contribution in [0.15, 0.2) is 35.0 Å². The van der Waals surface area contributed by atoms with Gasteiger partial charge in [-0.15, -0.1) is 0 Å². The van der Waals surface area contributed by atoms with E-state index in [1.54, 1.807) is 17.4 Å². The lowest BCUT2D eigenvalue weighted by Crippen LogP contribution is -2.20. The third-order valence-electron chi connectivity index (χ3n) is 3.12. The highest BCUT2D eigenvalue weighted by molar-refractivity contribution is 7.07. The quantitative estimate of drug-likeness (QED) is 0.810. The second-order valence-electron chi connectivity index (χ2n) is 4.78. The van der Waals surface area contributed by atoms with E-state index >= 15 is 0 Å². The van der Waals surface area contributed by atoms with Crippen molar-refractivity contribution in [1.29, 1.82) is 0 Å². The number of halogens is 1. The minimum Gasteiger partial charge on any atom is -0.489 e. The number of nitrogens with one attached hydrogen (secondary N) is 1.